The van der Waals surface area contributed by atoms with E-state index < -0.39 is 0 Å². The lowest BCUT2D eigenvalue weighted by Gasteiger charge is -2.14. The molecule has 0 saturated heterocycles. The second-order valence-electron chi connectivity index (χ2n) is 6.58. The molecular formula is C20H17ClN6O2S2. The maximum Gasteiger partial charge on any atom is 0.257 e. The van der Waals surface area contributed by atoms with Crippen molar-refractivity contribution in [3.8, 4) is 16.3 Å². The average Bonchev–Trinajstić information content (AvgIpc) is 3.31. The number of ether oxygens (including phenoxy) is 1. The fourth-order valence-electron chi connectivity index (χ4n) is 2.96. The van der Waals surface area contributed by atoms with Gasteiger partial charge in [0.1, 0.15) is 10.8 Å². The highest BCUT2D eigenvalue weighted by Gasteiger charge is 2.15. The summed E-state index contributed by atoms with van der Waals surface area (Å²) < 4.78 is 6.82. The minimum atomic E-state index is -0.375. The number of aromatic nitrogens is 4. The summed E-state index contributed by atoms with van der Waals surface area (Å²) in [4.78, 5) is 13.2. The van der Waals surface area contributed by atoms with Crippen molar-refractivity contribution in [3.63, 3.8) is 0 Å². The second-order valence-corrected chi connectivity index (χ2v) is 8.36. The molecule has 2 heterocycles. The number of amides is 1. The number of fused-ring (bicyclic) bond motifs is 1. The molecule has 0 radical (unpaired) electrons. The number of nitrogens with one attached hydrogen (secondary N) is 2. The lowest BCUT2D eigenvalue weighted by Crippen LogP contribution is -2.34. The van der Waals surface area contributed by atoms with Crippen molar-refractivity contribution in [2.45, 2.75) is 13.8 Å². The zero-order chi connectivity index (χ0) is 22.1. The number of anilines is 1. The summed E-state index contributed by atoms with van der Waals surface area (Å²) in [5.74, 6) is 0.846. The van der Waals surface area contributed by atoms with Crippen LogP contribution >= 0.6 is 35.2 Å². The zero-order valence-electron chi connectivity index (χ0n) is 16.8. The summed E-state index contributed by atoms with van der Waals surface area (Å²) in [7, 11) is 1.51. The zero-order valence-corrected chi connectivity index (χ0v) is 19.2. The quantitative estimate of drug-likeness (QED) is 0.428. The van der Waals surface area contributed by atoms with Crippen LogP contribution in [-0.4, -0.2) is 37.9 Å². The predicted molar refractivity (Wildman–Crippen MR) is 125 cm³/mol. The maximum absolute atomic E-state index is 12.5. The van der Waals surface area contributed by atoms with Crippen LogP contribution in [0.1, 0.15) is 21.7 Å². The Hall–Kier alpha value is -3.08. The topological polar surface area (TPSA) is 93.4 Å². The number of carbonyl (C=O) groups excluding carboxylic acids is 1. The smallest absolute Gasteiger partial charge is 0.257 e. The van der Waals surface area contributed by atoms with Gasteiger partial charge < -0.3 is 10.1 Å². The minimum absolute atomic E-state index is 0.172. The molecule has 0 aliphatic carbocycles. The first-order valence-electron chi connectivity index (χ1n) is 9.12. The molecule has 11 heteroatoms. The largest absolute Gasteiger partial charge is 0.495 e. The summed E-state index contributed by atoms with van der Waals surface area (Å²) in [5.41, 5.74) is 3.01. The van der Waals surface area contributed by atoms with Gasteiger partial charge in [-0.15, -0.1) is 10.2 Å². The molecule has 2 aromatic carbocycles. The van der Waals surface area contributed by atoms with E-state index in [4.69, 9.17) is 28.6 Å². The van der Waals surface area contributed by atoms with E-state index in [1.54, 1.807) is 16.6 Å². The van der Waals surface area contributed by atoms with E-state index in [-0.39, 0.29) is 11.0 Å². The van der Waals surface area contributed by atoms with Gasteiger partial charge in [0, 0.05) is 16.8 Å². The highest BCUT2D eigenvalue weighted by Crippen LogP contribution is 2.31. The summed E-state index contributed by atoms with van der Waals surface area (Å²) in [6.07, 6.45) is 0. The third-order valence-corrected chi connectivity index (χ3v) is 6.03. The van der Waals surface area contributed by atoms with E-state index in [0.29, 0.717) is 16.3 Å². The van der Waals surface area contributed by atoms with Crippen molar-refractivity contribution in [3.05, 3.63) is 58.4 Å². The Kier molecular flexibility index (Phi) is 5.86. The first-order chi connectivity index (χ1) is 14.9. The van der Waals surface area contributed by atoms with Crippen molar-refractivity contribution in [1.82, 2.24) is 25.1 Å². The fraction of sp³-hybridized carbons (Fsp3) is 0.150. The van der Waals surface area contributed by atoms with Gasteiger partial charge in [-0.2, -0.15) is 9.61 Å². The number of rotatable bonds is 4. The molecule has 4 aromatic rings. The highest BCUT2D eigenvalue weighted by atomic mass is 35.5. The van der Waals surface area contributed by atoms with Crippen LogP contribution < -0.4 is 15.4 Å². The lowest BCUT2D eigenvalue weighted by atomic mass is 10.1. The Morgan fingerprint density at radius 3 is 2.74 bits per heavy atom. The van der Waals surface area contributed by atoms with Gasteiger partial charge in [-0.3, -0.25) is 10.1 Å². The fourth-order valence-corrected chi connectivity index (χ4v) is 4.39. The summed E-state index contributed by atoms with van der Waals surface area (Å²) in [6, 6.07) is 10.5. The summed E-state index contributed by atoms with van der Waals surface area (Å²) >= 11 is 12.9. The number of halogens is 1. The average molecular weight is 473 g/mol. The van der Waals surface area contributed by atoms with E-state index in [2.05, 4.69) is 25.9 Å². The van der Waals surface area contributed by atoms with Crippen LogP contribution in [0.25, 0.3) is 15.5 Å². The van der Waals surface area contributed by atoms with Gasteiger partial charge in [0.15, 0.2) is 10.9 Å². The Morgan fingerprint density at radius 2 is 2.03 bits per heavy atom. The molecule has 4 rings (SSSR count). The number of benzene rings is 2. The van der Waals surface area contributed by atoms with Crippen LogP contribution in [0.4, 0.5) is 5.69 Å². The minimum Gasteiger partial charge on any atom is -0.495 e. The van der Waals surface area contributed by atoms with Crippen LogP contribution in [0.15, 0.2) is 36.4 Å². The number of nitrogens with zero attached hydrogens (tertiary/aromatic N) is 4. The third kappa shape index (κ3) is 4.22. The molecule has 2 aromatic heterocycles. The van der Waals surface area contributed by atoms with Crippen LogP contribution in [0, 0.1) is 13.8 Å². The molecular weight excluding hydrogens is 456 g/mol. The van der Waals surface area contributed by atoms with Gasteiger partial charge in [0.05, 0.1) is 12.1 Å². The molecule has 0 aliphatic heterocycles. The van der Waals surface area contributed by atoms with Gasteiger partial charge in [-0.05, 0) is 55.9 Å². The van der Waals surface area contributed by atoms with Crippen molar-refractivity contribution in [2.75, 3.05) is 12.4 Å². The Morgan fingerprint density at radius 1 is 1.23 bits per heavy atom. The maximum atomic E-state index is 12.5. The van der Waals surface area contributed by atoms with Crippen molar-refractivity contribution in [2.24, 2.45) is 0 Å². The molecule has 0 bridgehead atoms. The van der Waals surface area contributed by atoms with Crippen LogP contribution in [0.2, 0.25) is 5.02 Å². The van der Waals surface area contributed by atoms with E-state index in [0.717, 1.165) is 32.6 Å². The molecule has 158 valence electrons. The van der Waals surface area contributed by atoms with Crippen molar-refractivity contribution in [1.29, 1.82) is 0 Å². The van der Waals surface area contributed by atoms with Crippen LogP contribution in [0.5, 0.6) is 5.75 Å². The van der Waals surface area contributed by atoms with Crippen molar-refractivity contribution < 1.29 is 9.53 Å². The standard InChI is InChI=1S/C20H17ClN6O2S2/c1-10-13(18-26-27-11(2)24-25-20(27)31-18)5-4-6-15(10)22-19(30)23-17(28)12-7-8-16(29-3)14(21)9-12/h4-9H,1-3H3,(H2,22,23,28,30). The molecule has 0 fully saturated rings. The van der Waals surface area contributed by atoms with E-state index in [9.17, 15) is 4.79 Å². The van der Waals surface area contributed by atoms with Gasteiger partial charge in [-0.1, -0.05) is 35.1 Å². The van der Waals surface area contributed by atoms with Gasteiger partial charge in [-0.25, -0.2) is 0 Å². The molecule has 1 amide bonds. The molecule has 2 N–H and O–H groups in total. The molecule has 31 heavy (non-hydrogen) atoms. The third-order valence-electron chi connectivity index (χ3n) is 4.60. The summed E-state index contributed by atoms with van der Waals surface area (Å²) in [5, 5.41) is 19.8. The summed E-state index contributed by atoms with van der Waals surface area (Å²) in [6.45, 7) is 3.81. The van der Waals surface area contributed by atoms with Crippen LogP contribution in [-0.2, 0) is 0 Å². The first kappa shape index (κ1) is 21.2. The van der Waals surface area contributed by atoms with Crippen molar-refractivity contribution >= 4 is 56.8 Å². The first-order valence-corrected chi connectivity index (χ1v) is 10.7. The molecule has 0 spiro atoms. The Bertz CT molecular complexity index is 1320. The predicted octanol–water partition coefficient (Wildman–Crippen LogP) is 4.26. The molecule has 0 atom stereocenters. The normalized spacial score (nSPS) is 10.8. The van der Waals surface area contributed by atoms with E-state index >= 15 is 0 Å². The number of hydrogen-bond acceptors (Lipinski definition) is 7. The molecule has 0 aliphatic rings. The SMILES string of the molecule is COc1ccc(C(=O)NC(=S)Nc2cccc(-c3nn4c(C)nnc4s3)c2C)cc1Cl. The number of methoxy groups -OCH3 is 1. The number of hydrogen-bond donors (Lipinski definition) is 2. The molecule has 0 unspecified atom stereocenters. The van der Waals surface area contributed by atoms with Gasteiger partial charge >= 0.3 is 0 Å². The van der Waals surface area contributed by atoms with Gasteiger partial charge in [0.25, 0.3) is 5.91 Å². The molecule has 8 nitrogen and oxygen atoms in total. The Balaban J connectivity index is 1.51. The van der Waals surface area contributed by atoms with Gasteiger partial charge in [0.2, 0.25) is 4.96 Å². The number of carbonyl (C=O) groups is 1. The monoisotopic (exact) mass is 472 g/mol. The Labute approximate surface area is 192 Å². The van der Waals surface area contributed by atoms with E-state index in [1.165, 1.54) is 24.5 Å². The number of aryl methyl sites for hydroxylation is 1. The van der Waals surface area contributed by atoms with E-state index in [1.807, 2.05) is 32.0 Å². The highest BCUT2D eigenvalue weighted by molar-refractivity contribution is 7.80. The second kappa shape index (κ2) is 8.58. The lowest BCUT2D eigenvalue weighted by molar-refractivity contribution is 0.0977. The van der Waals surface area contributed by atoms with Crippen LogP contribution in [0.3, 0.4) is 0 Å². The molecule has 0 saturated carbocycles. The number of thiocarbonyl (C=S) groups is 1.